The number of ether oxygens (including phenoxy) is 1. The lowest BCUT2D eigenvalue weighted by Crippen LogP contribution is -2.42. The van der Waals surface area contributed by atoms with E-state index >= 15 is 0 Å². The molecule has 3 aromatic rings. The third kappa shape index (κ3) is 2.97. The molecular weight excluding hydrogens is 357 g/mol. The van der Waals surface area contributed by atoms with E-state index in [2.05, 4.69) is 0 Å². The number of carbonyl (C=O) groups excluding carboxylic acids is 2. The molecule has 0 atom stereocenters. The van der Waals surface area contributed by atoms with Crippen LogP contribution in [0.5, 0.6) is 5.75 Å². The summed E-state index contributed by atoms with van der Waals surface area (Å²) in [6, 6.07) is 19.7. The van der Waals surface area contributed by atoms with Crippen molar-refractivity contribution >= 4 is 29.2 Å². The summed E-state index contributed by atoms with van der Waals surface area (Å²) in [6.45, 7) is 0. The molecule has 1 heterocycles. The zero-order chi connectivity index (χ0) is 19.7. The summed E-state index contributed by atoms with van der Waals surface area (Å²) in [5, 5.41) is 0. The second kappa shape index (κ2) is 7.12. The Labute approximate surface area is 161 Å². The topological polar surface area (TPSA) is 46.6 Å². The molecule has 1 aliphatic rings. The summed E-state index contributed by atoms with van der Waals surface area (Å²) in [4.78, 5) is 27.6. The molecule has 0 radical (unpaired) electrons. The van der Waals surface area contributed by atoms with E-state index in [-0.39, 0.29) is 0 Å². The summed E-state index contributed by atoms with van der Waals surface area (Å²) in [5.74, 6) is -0.906. The highest BCUT2D eigenvalue weighted by atomic mass is 19.1. The molecule has 0 fully saturated rings. The van der Waals surface area contributed by atoms with Gasteiger partial charge < -0.3 is 4.74 Å². The number of methoxy groups -OCH3 is 1. The Morgan fingerprint density at radius 3 is 2.32 bits per heavy atom. The van der Waals surface area contributed by atoms with Crippen LogP contribution >= 0.6 is 0 Å². The van der Waals surface area contributed by atoms with Gasteiger partial charge in [-0.15, -0.1) is 0 Å². The average molecular weight is 373 g/mol. The molecule has 1 aliphatic heterocycles. The predicted molar refractivity (Wildman–Crippen MR) is 106 cm³/mol. The Morgan fingerprint density at radius 1 is 0.857 bits per heavy atom. The minimum Gasteiger partial charge on any atom is -0.495 e. The standard InChI is InChI=1S/C23H16FNO3/c1-28-21-12-5-4-11-20(21)25-22(26)18-10-3-2-9-17(18)19(23(25)27)14-15-7-6-8-16(24)13-15/h2-14H,1H3/b19-14-. The molecule has 4 rings (SSSR count). The van der Waals surface area contributed by atoms with E-state index in [0.29, 0.717) is 33.7 Å². The van der Waals surface area contributed by atoms with Crippen molar-refractivity contribution in [1.82, 2.24) is 0 Å². The predicted octanol–water partition coefficient (Wildman–Crippen LogP) is 4.56. The zero-order valence-electron chi connectivity index (χ0n) is 15.1. The first-order valence-electron chi connectivity index (χ1n) is 8.68. The normalized spacial score (nSPS) is 14.9. The monoisotopic (exact) mass is 373 g/mol. The maximum Gasteiger partial charge on any atom is 0.266 e. The third-order valence-electron chi connectivity index (χ3n) is 4.57. The van der Waals surface area contributed by atoms with Crippen molar-refractivity contribution in [2.75, 3.05) is 12.0 Å². The first kappa shape index (κ1) is 17.7. The van der Waals surface area contributed by atoms with Gasteiger partial charge in [0.25, 0.3) is 11.8 Å². The van der Waals surface area contributed by atoms with Gasteiger partial charge in [0.1, 0.15) is 11.6 Å². The lowest BCUT2D eigenvalue weighted by Gasteiger charge is -2.29. The SMILES string of the molecule is COc1ccccc1N1C(=O)/C(=C\c2cccc(F)c2)c2ccccc2C1=O. The number of amides is 2. The molecule has 0 saturated heterocycles. The molecule has 0 saturated carbocycles. The van der Waals surface area contributed by atoms with Gasteiger partial charge in [-0.2, -0.15) is 0 Å². The van der Waals surface area contributed by atoms with Crippen molar-refractivity contribution in [3.8, 4) is 5.75 Å². The Hall–Kier alpha value is -3.73. The summed E-state index contributed by atoms with van der Waals surface area (Å²) >= 11 is 0. The largest absolute Gasteiger partial charge is 0.495 e. The van der Waals surface area contributed by atoms with E-state index in [9.17, 15) is 14.0 Å². The van der Waals surface area contributed by atoms with Gasteiger partial charge >= 0.3 is 0 Å². The number of benzene rings is 3. The van der Waals surface area contributed by atoms with Gasteiger partial charge in [0.2, 0.25) is 0 Å². The summed E-state index contributed by atoms with van der Waals surface area (Å²) in [7, 11) is 1.48. The molecular formula is C23H16FNO3. The molecule has 5 heteroatoms. The number of carbonyl (C=O) groups is 2. The minimum absolute atomic E-state index is 0.312. The summed E-state index contributed by atoms with van der Waals surface area (Å²) < 4.78 is 19.0. The number of nitrogens with zero attached hydrogens (tertiary/aromatic N) is 1. The number of halogens is 1. The number of anilines is 1. The Balaban J connectivity index is 1.93. The van der Waals surface area contributed by atoms with Crippen LogP contribution in [0.4, 0.5) is 10.1 Å². The highest BCUT2D eigenvalue weighted by Gasteiger charge is 2.36. The maximum atomic E-state index is 13.6. The van der Waals surface area contributed by atoms with E-state index < -0.39 is 17.6 Å². The van der Waals surface area contributed by atoms with Crippen LogP contribution in [0.2, 0.25) is 0 Å². The van der Waals surface area contributed by atoms with Crippen LogP contribution in [0.15, 0.2) is 72.8 Å². The number of rotatable bonds is 3. The molecule has 0 bridgehead atoms. The van der Waals surface area contributed by atoms with Gasteiger partial charge in [-0.25, -0.2) is 9.29 Å². The van der Waals surface area contributed by atoms with Crippen LogP contribution < -0.4 is 9.64 Å². The minimum atomic E-state index is -0.488. The number of imide groups is 1. The van der Waals surface area contributed by atoms with Crippen molar-refractivity contribution in [3.63, 3.8) is 0 Å². The van der Waals surface area contributed by atoms with Gasteiger partial charge in [-0.05, 0) is 47.5 Å². The fourth-order valence-corrected chi connectivity index (χ4v) is 3.29. The van der Waals surface area contributed by atoms with Gasteiger partial charge in [0, 0.05) is 11.1 Å². The number of hydrogen-bond donors (Lipinski definition) is 0. The highest BCUT2D eigenvalue weighted by Crippen LogP contribution is 2.37. The Bertz CT molecular complexity index is 1120. The third-order valence-corrected chi connectivity index (χ3v) is 4.57. The number of fused-ring (bicyclic) bond motifs is 1. The van der Waals surface area contributed by atoms with Crippen molar-refractivity contribution in [2.45, 2.75) is 0 Å². The second-order valence-corrected chi connectivity index (χ2v) is 6.28. The molecule has 0 aromatic heterocycles. The van der Waals surface area contributed by atoms with Gasteiger partial charge in [-0.1, -0.05) is 42.5 Å². The van der Waals surface area contributed by atoms with Crippen LogP contribution in [-0.4, -0.2) is 18.9 Å². The molecule has 2 amide bonds. The van der Waals surface area contributed by atoms with Crippen molar-refractivity contribution in [1.29, 1.82) is 0 Å². The Morgan fingerprint density at radius 2 is 1.57 bits per heavy atom. The van der Waals surface area contributed by atoms with Crippen LogP contribution in [0, 0.1) is 5.82 Å². The fraction of sp³-hybridized carbons (Fsp3) is 0.0435. The smallest absolute Gasteiger partial charge is 0.266 e. The number of para-hydroxylation sites is 2. The first-order valence-corrected chi connectivity index (χ1v) is 8.68. The molecule has 0 unspecified atom stereocenters. The fourth-order valence-electron chi connectivity index (χ4n) is 3.29. The van der Waals surface area contributed by atoms with E-state index in [0.717, 1.165) is 4.90 Å². The van der Waals surface area contributed by atoms with Crippen molar-refractivity contribution < 1.29 is 18.7 Å². The quantitative estimate of drug-likeness (QED) is 0.499. The lowest BCUT2D eigenvalue weighted by atomic mass is 9.91. The lowest BCUT2D eigenvalue weighted by molar-refractivity contribution is -0.112. The van der Waals surface area contributed by atoms with Crippen molar-refractivity contribution in [2.24, 2.45) is 0 Å². The molecule has 0 N–H and O–H groups in total. The van der Waals surface area contributed by atoms with E-state index in [4.69, 9.17) is 4.74 Å². The summed E-state index contributed by atoms with van der Waals surface area (Å²) in [6.07, 6.45) is 1.60. The molecule has 3 aromatic carbocycles. The van der Waals surface area contributed by atoms with Gasteiger partial charge in [-0.3, -0.25) is 9.59 Å². The van der Waals surface area contributed by atoms with Crippen molar-refractivity contribution in [3.05, 3.63) is 95.3 Å². The first-order chi connectivity index (χ1) is 13.6. The summed E-state index contributed by atoms with van der Waals surface area (Å²) in [5.41, 5.74) is 2.13. The Kier molecular flexibility index (Phi) is 4.49. The maximum absolute atomic E-state index is 13.6. The highest BCUT2D eigenvalue weighted by molar-refractivity contribution is 6.43. The molecule has 28 heavy (non-hydrogen) atoms. The van der Waals surface area contributed by atoms with Crippen LogP contribution in [-0.2, 0) is 4.79 Å². The second-order valence-electron chi connectivity index (χ2n) is 6.28. The van der Waals surface area contributed by atoms with Crippen LogP contribution in [0.1, 0.15) is 21.5 Å². The van der Waals surface area contributed by atoms with E-state index in [1.807, 2.05) is 0 Å². The molecule has 4 nitrogen and oxygen atoms in total. The molecule has 0 aliphatic carbocycles. The van der Waals surface area contributed by atoms with Gasteiger partial charge in [0.15, 0.2) is 0 Å². The van der Waals surface area contributed by atoms with Crippen LogP contribution in [0.25, 0.3) is 11.6 Å². The molecule has 0 spiro atoms. The van der Waals surface area contributed by atoms with E-state index in [1.165, 1.54) is 19.2 Å². The van der Waals surface area contributed by atoms with E-state index in [1.54, 1.807) is 66.7 Å². The van der Waals surface area contributed by atoms with Crippen LogP contribution in [0.3, 0.4) is 0 Å². The zero-order valence-corrected chi connectivity index (χ0v) is 15.1. The molecule has 138 valence electrons. The average Bonchev–Trinajstić information content (AvgIpc) is 2.72. The van der Waals surface area contributed by atoms with Gasteiger partial charge in [0.05, 0.1) is 12.8 Å². The number of hydrogen-bond acceptors (Lipinski definition) is 3.